The number of alkyl halides is 2. The molecule has 0 amide bonds. The molecule has 0 fully saturated rings. The molecular formula is C8H5BrF2INO2. The number of esters is 1. The molecule has 1 rings (SSSR count). The number of methoxy groups -OCH3 is 1. The zero-order chi connectivity index (χ0) is 11.6. The van der Waals surface area contributed by atoms with E-state index in [0.717, 1.165) is 7.11 Å². The van der Waals surface area contributed by atoms with Crippen LogP contribution in [0, 0.1) is 3.57 Å². The predicted octanol–water partition coefficient (Wildman–Crippen LogP) is 3.17. The fourth-order valence-electron chi connectivity index (χ4n) is 0.871. The second-order valence-corrected chi connectivity index (χ2v) is 4.41. The van der Waals surface area contributed by atoms with Crippen LogP contribution in [0.5, 0.6) is 0 Å². The molecule has 1 heterocycles. The lowest BCUT2D eigenvalue weighted by Gasteiger charge is -2.06. The number of carbonyl (C=O) groups is 1. The number of rotatable bonds is 2. The summed E-state index contributed by atoms with van der Waals surface area (Å²) in [6.07, 6.45) is -2.72. The van der Waals surface area contributed by atoms with Gasteiger partial charge in [0.15, 0.2) is 0 Å². The van der Waals surface area contributed by atoms with E-state index in [1.54, 1.807) is 22.6 Å². The molecule has 0 spiro atoms. The fourth-order valence-corrected chi connectivity index (χ4v) is 1.80. The van der Waals surface area contributed by atoms with Gasteiger partial charge in [0.2, 0.25) is 0 Å². The van der Waals surface area contributed by atoms with Gasteiger partial charge in [-0.15, -0.1) is 0 Å². The first-order chi connectivity index (χ1) is 6.97. The molecule has 7 heteroatoms. The van der Waals surface area contributed by atoms with Crippen LogP contribution in [-0.4, -0.2) is 18.1 Å². The highest BCUT2D eigenvalue weighted by atomic mass is 127. The molecular weight excluding hydrogens is 387 g/mol. The van der Waals surface area contributed by atoms with Gasteiger partial charge in [-0.05, 0) is 44.6 Å². The number of aromatic nitrogens is 1. The van der Waals surface area contributed by atoms with Gasteiger partial charge in [0.05, 0.1) is 10.7 Å². The third kappa shape index (κ3) is 2.83. The molecule has 15 heavy (non-hydrogen) atoms. The van der Waals surface area contributed by atoms with Crippen LogP contribution in [0.4, 0.5) is 8.78 Å². The van der Waals surface area contributed by atoms with Crippen LogP contribution in [0.1, 0.15) is 22.6 Å². The lowest BCUT2D eigenvalue weighted by Crippen LogP contribution is -2.08. The van der Waals surface area contributed by atoms with Crippen molar-refractivity contribution in [2.45, 2.75) is 6.43 Å². The Morgan fingerprint density at radius 3 is 2.73 bits per heavy atom. The maximum Gasteiger partial charge on any atom is 0.356 e. The maximum atomic E-state index is 12.5. The third-order valence-corrected chi connectivity index (χ3v) is 4.04. The van der Waals surface area contributed by atoms with E-state index in [4.69, 9.17) is 0 Å². The Morgan fingerprint density at radius 1 is 1.67 bits per heavy atom. The van der Waals surface area contributed by atoms with Crippen molar-refractivity contribution in [3.05, 3.63) is 25.5 Å². The standard InChI is InChI=1S/C8H5BrF2INO2/c1-15-8(14)4-2-3(9)5(12)6(13-4)7(10)11/h2,7H,1H3. The van der Waals surface area contributed by atoms with Crippen molar-refractivity contribution in [3.63, 3.8) is 0 Å². The SMILES string of the molecule is COC(=O)c1cc(Br)c(I)c(C(F)F)n1. The number of hydrogen-bond donors (Lipinski definition) is 0. The van der Waals surface area contributed by atoms with Gasteiger partial charge in [0.1, 0.15) is 11.4 Å². The van der Waals surface area contributed by atoms with E-state index in [9.17, 15) is 13.6 Å². The van der Waals surface area contributed by atoms with Crippen molar-refractivity contribution in [2.24, 2.45) is 0 Å². The first kappa shape index (κ1) is 12.8. The molecule has 0 N–H and O–H groups in total. The van der Waals surface area contributed by atoms with Crippen molar-refractivity contribution in [1.29, 1.82) is 0 Å². The second kappa shape index (κ2) is 5.15. The third-order valence-electron chi connectivity index (χ3n) is 1.54. The lowest BCUT2D eigenvalue weighted by molar-refractivity contribution is 0.0592. The Bertz CT molecular complexity index is 400. The quantitative estimate of drug-likeness (QED) is 0.574. The minimum Gasteiger partial charge on any atom is -0.464 e. The minimum atomic E-state index is -2.72. The summed E-state index contributed by atoms with van der Waals surface area (Å²) in [4.78, 5) is 14.6. The maximum absolute atomic E-state index is 12.5. The van der Waals surface area contributed by atoms with E-state index in [1.165, 1.54) is 6.07 Å². The van der Waals surface area contributed by atoms with Gasteiger partial charge in [0, 0.05) is 4.47 Å². The Morgan fingerprint density at radius 2 is 2.27 bits per heavy atom. The number of halogens is 4. The van der Waals surface area contributed by atoms with E-state index >= 15 is 0 Å². The molecule has 82 valence electrons. The summed E-state index contributed by atoms with van der Waals surface area (Å²) in [5.41, 5.74) is -0.564. The Kier molecular flexibility index (Phi) is 4.38. The second-order valence-electron chi connectivity index (χ2n) is 2.48. The van der Waals surface area contributed by atoms with Gasteiger partial charge in [-0.2, -0.15) is 0 Å². The van der Waals surface area contributed by atoms with E-state index in [1.807, 2.05) is 0 Å². The average Bonchev–Trinajstić information content (AvgIpc) is 2.20. The van der Waals surface area contributed by atoms with Crippen molar-refractivity contribution in [2.75, 3.05) is 7.11 Å². The normalized spacial score (nSPS) is 10.5. The number of pyridine rings is 1. The van der Waals surface area contributed by atoms with Gasteiger partial charge in [-0.25, -0.2) is 18.6 Å². The summed E-state index contributed by atoms with van der Waals surface area (Å²) in [7, 11) is 1.16. The van der Waals surface area contributed by atoms with Crippen molar-refractivity contribution in [3.8, 4) is 0 Å². The van der Waals surface area contributed by atoms with Crippen molar-refractivity contribution in [1.82, 2.24) is 4.98 Å². The Balaban J connectivity index is 3.29. The summed E-state index contributed by atoms with van der Waals surface area (Å²) < 4.78 is 30.1. The van der Waals surface area contributed by atoms with Gasteiger partial charge < -0.3 is 4.74 Å². The monoisotopic (exact) mass is 391 g/mol. The Labute approximate surface area is 106 Å². The molecule has 0 aliphatic carbocycles. The largest absolute Gasteiger partial charge is 0.464 e. The summed E-state index contributed by atoms with van der Waals surface area (Å²) >= 11 is 4.80. The summed E-state index contributed by atoms with van der Waals surface area (Å²) in [5, 5.41) is 0. The first-order valence-corrected chi connectivity index (χ1v) is 5.57. The average molecular weight is 392 g/mol. The van der Waals surface area contributed by atoms with Crippen molar-refractivity contribution < 1.29 is 18.3 Å². The molecule has 0 bridgehead atoms. The topological polar surface area (TPSA) is 39.2 Å². The molecule has 1 aromatic heterocycles. The van der Waals surface area contributed by atoms with E-state index in [-0.39, 0.29) is 9.26 Å². The van der Waals surface area contributed by atoms with Crippen LogP contribution in [0.15, 0.2) is 10.5 Å². The zero-order valence-corrected chi connectivity index (χ0v) is 11.2. The van der Waals surface area contributed by atoms with Gasteiger partial charge in [-0.3, -0.25) is 0 Å². The van der Waals surface area contributed by atoms with Gasteiger partial charge in [-0.1, -0.05) is 0 Å². The molecule has 0 aromatic carbocycles. The number of nitrogens with zero attached hydrogens (tertiary/aromatic N) is 1. The molecule has 0 unspecified atom stereocenters. The minimum absolute atomic E-state index is 0.139. The molecule has 0 aliphatic heterocycles. The highest BCUT2D eigenvalue weighted by Crippen LogP contribution is 2.29. The smallest absolute Gasteiger partial charge is 0.356 e. The van der Waals surface area contributed by atoms with Crippen LogP contribution in [-0.2, 0) is 4.74 Å². The van der Waals surface area contributed by atoms with Crippen LogP contribution in [0.3, 0.4) is 0 Å². The number of hydrogen-bond acceptors (Lipinski definition) is 3. The van der Waals surface area contributed by atoms with E-state index in [2.05, 4.69) is 25.7 Å². The molecule has 0 atom stereocenters. The predicted molar refractivity (Wildman–Crippen MR) is 61.0 cm³/mol. The highest BCUT2D eigenvalue weighted by molar-refractivity contribution is 14.1. The van der Waals surface area contributed by atoms with E-state index < -0.39 is 18.1 Å². The van der Waals surface area contributed by atoms with Crippen molar-refractivity contribution >= 4 is 44.5 Å². The summed E-state index contributed by atoms with van der Waals surface area (Å²) in [6, 6.07) is 1.35. The molecule has 0 saturated heterocycles. The van der Waals surface area contributed by atoms with E-state index in [0.29, 0.717) is 4.47 Å². The van der Waals surface area contributed by atoms with Gasteiger partial charge in [0.25, 0.3) is 6.43 Å². The summed E-state index contributed by atoms with van der Waals surface area (Å²) in [5.74, 6) is -0.742. The highest BCUT2D eigenvalue weighted by Gasteiger charge is 2.20. The number of ether oxygens (including phenoxy) is 1. The van der Waals surface area contributed by atoms with Gasteiger partial charge >= 0.3 is 5.97 Å². The lowest BCUT2D eigenvalue weighted by atomic mass is 10.3. The number of carbonyl (C=O) groups excluding carboxylic acids is 1. The molecule has 0 radical (unpaired) electrons. The zero-order valence-electron chi connectivity index (χ0n) is 7.43. The first-order valence-electron chi connectivity index (χ1n) is 3.69. The summed E-state index contributed by atoms with van der Waals surface area (Å²) in [6.45, 7) is 0. The van der Waals surface area contributed by atoms with Crippen LogP contribution >= 0.6 is 38.5 Å². The molecule has 1 aromatic rings. The molecule has 3 nitrogen and oxygen atoms in total. The Hall–Kier alpha value is -0.310. The fraction of sp³-hybridized carbons (Fsp3) is 0.250. The van der Waals surface area contributed by atoms with Crippen LogP contribution in [0.25, 0.3) is 0 Å². The molecule has 0 saturated carbocycles. The van der Waals surface area contributed by atoms with Crippen LogP contribution in [0.2, 0.25) is 0 Å². The molecule has 0 aliphatic rings. The van der Waals surface area contributed by atoms with Crippen LogP contribution < -0.4 is 0 Å².